The van der Waals surface area contributed by atoms with Crippen LogP contribution in [-0.4, -0.2) is 77.6 Å². The highest BCUT2D eigenvalue weighted by Crippen LogP contribution is 2.26. The van der Waals surface area contributed by atoms with Gasteiger partial charge in [0.15, 0.2) is 33.3 Å². The Morgan fingerprint density at radius 2 is 0.579 bits per heavy atom. The molecule has 0 aromatic heterocycles. The van der Waals surface area contributed by atoms with E-state index in [1.807, 2.05) is 0 Å². The highest BCUT2D eigenvalue weighted by atomic mass is 28.4. The van der Waals surface area contributed by atoms with Gasteiger partial charge < -0.3 is 28.7 Å². The van der Waals surface area contributed by atoms with Crippen molar-refractivity contribution >= 4 is 57.1 Å². The maximum Gasteiger partial charge on any atom is 0.303 e. The van der Waals surface area contributed by atoms with Gasteiger partial charge in [0.05, 0.1) is 0 Å². The summed E-state index contributed by atoms with van der Waals surface area (Å²) in [5.74, 6) is -3.05. The molecule has 0 aliphatic heterocycles. The maximum absolute atomic E-state index is 10.5. The lowest BCUT2D eigenvalue weighted by molar-refractivity contribution is -0.138. The van der Waals surface area contributed by atoms with Crippen LogP contribution in [0, 0.1) is 0 Å². The van der Waals surface area contributed by atoms with Gasteiger partial charge in [0.2, 0.25) is 0 Å². The zero-order valence-corrected chi connectivity index (χ0v) is 28.7. The van der Waals surface area contributed by atoms with Crippen LogP contribution in [0.25, 0.3) is 0 Å². The Morgan fingerprint density at radius 1 is 0.421 bits per heavy atom. The van der Waals surface area contributed by atoms with Gasteiger partial charge in [-0.05, 0) is 102 Å². The van der Waals surface area contributed by atoms with Gasteiger partial charge in [-0.2, -0.15) is 0 Å². The van der Waals surface area contributed by atoms with Crippen LogP contribution in [0.2, 0.25) is 76.6 Å². The molecule has 0 fully saturated rings. The average molecular weight is 613 g/mol. The predicted octanol–water partition coefficient (Wildman–Crippen LogP) is 6.29. The molecule has 0 aromatic rings. The molecule has 14 heteroatoms. The molecule has 0 amide bonds. The van der Waals surface area contributed by atoms with Crippen molar-refractivity contribution in [3.05, 3.63) is 0 Å². The number of hydrogen-bond donors (Lipinski definition) is 4. The first-order valence-electron chi connectivity index (χ1n) is 13.4. The van der Waals surface area contributed by atoms with Crippen LogP contribution in [0.3, 0.4) is 0 Å². The molecule has 10 nitrogen and oxygen atoms in total. The van der Waals surface area contributed by atoms with Crippen LogP contribution >= 0.6 is 0 Å². The smallest absolute Gasteiger partial charge is 0.303 e. The van der Waals surface area contributed by atoms with Crippen molar-refractivity contribution in [3.63, 3.8) is 0 Å². The third-order valence-corrected chi connectivity index (χ3v) is 20.9. The molecule has 0 aromatic carbocycles. The van der Waals surface area contributed by atoms with Crippen LogP contribution < -0.4 is 0 Å². The minimum absolute atomic E-state index is 0.195. The summed E-state index contributed by atoms with van der Waals surface area (Å²) in [6.45, 7) is 16.9. The molecule has 0 saturated carbocycles. The standard InChI is InChI=1S/2C12H26O5Si2/c2*1-18(2,9-5-7-11(13)14)17-19(3,4)10-6-8-12(15)16/h2*5-10H2,1-4H3,(H,13,14)(H,15,16). The molecule has 0 atom stereocenters. The second-order valence-electron chi connectivity index (χ2n) is 12.2. The fourth-order valence-electron chi connectivity index (χ4n) is 4.36. The van der Waals surface area contributed by atoms with Gasteiger partial charge in [0, 0.05) is 25.7 Å². The first kappa shape index (κ1) is 38.8. The Hall–Kier alpha value is -1.33. The average Bonchev–Trinajstić information content (AvgIpc) is 2.64. The molecule has 0 radical (unpaired) electrons. The normalized spacial score (nSPS) is 12.4. The highest BCUT2D eigenvalue weighted by Gasteiger charge is 2.33. The molecule has 0 rings (SSSR count). The summed E-state index contributed by atoms with van der Waals surface area (Å²) in [5, 5.41) is 34.6. The molecule has 0 heterocycles. The monoisotopic (exact) mass is 612 g/mol. The molecule has 4 N–H and O–H groups in total. The molecule has 0 aliphatic rings. The number of hydrogen-bond acceptors (Lipinski definition) is 6. The van der Waals surface area contributed by atoms with Crippen molar-refractivity contribution in [2.24, 2.45) is 0 Å². The lowest BCUT2D eigenvalue weighted by atomic mass is 10.3. The van der Waals surface area contributed by atoms with Gasteiger partial charge in [-0.1, -0.05) is 0 Å². The van der Waals surface area contributed by atoms with E-state index < -0.39 is 57.1 Å². The van der Waals surface area contributed by atoms with Crippen molar-refractivity contribution in [1.82, 2.24) is 0 Å². The van der Waals surface area contributed by atoms with E-state index in [0.717, 1.165) is 24.2 Å². The Balaban J connectivity index is 0. The van der Waals surface area contributed by atoms with Gasteiger partial charge in [-0.3, -0.25) is 19.2 Å². The van der Waals surface area contributed by atoms with E-state index in [9.17, 15) is 19.2 Å². The molecule has 224 valence electrons. The predicted molar refractivity (Wildman–Crippen MR) is 159 cm³/mol. The molecule has 0 aliphatic carbocycles. The zero-order chi connectivity index (χ0) is 30.2. The van der Waals surface area contributed by atoms with Gasteiger partial charge >= 0.3 is 23.9 Å². The molecule has 38 heavy (non-hydrogen) atoms. The van der Waals surface area contributed by atoms with Gasteiger partial charge in [-0.25, -0.2) is 0 Å². The molecular formula is C24H52O10Si4. The van der Waals surface area contributed by atoms with Crippen LogP contribution in [0.1, 0.15) is 51.4 Å². The van der Waals surface area contributed by atoms with Crippen LogP contribution in [0.5, 0.6) is 0 Å². The third-order valence-electron chi connectivity index (χ3n) is 5.78. The van der Waals surface area contributed by atoms with Crippen LogP contribution in [0.4, 0.5) is 0 Å². The Labute approximate surface area is 232 Å². The second kappa shape index (κ2) is 18.1. The fourth-order valence-corrected chi connectivity index (χ4v) is 22.1. The highest BCUT2D eigenvalue weighted by molar-refractivity contribution is 6.85. The molecule has 0 bridgehead atoms. The van der Waals surface area contributed by atoms with Crippen molar-refractivity contribution in [2.45, 2.75) is 128 Å². The number of carbonyl (C=O) groups is 4. The largest absolute Gasteiger partial charge is 0.481 e. The van der Waals surface area contributed by atoms with Crippen molar-refractivity contribution < 1.29 is 47.8 Å². The summed E-state index contributed by atoms with van der Waals surface area (Å²) < 4.78 is 12.6. The number of carboxylic acids is 4. The number of rotatable bonds is 20. The topological polar surface area (TPSA) is 168 Å². The summed E-state index contributed by atoms with van der Waals surface area (Å²) in [7, 11) is -7.33. The summed E-state index contributed by atoms with van der Waals surface area (Å²) in [4.78, 5) is 42.0. The van der Waals surface area contributed by atoms with Crippen LogP contribution in [0.15, 0.2) is 0 Å². The van der Waals surface area contributed by atoms with E-state index in [4.69, 9.17) is 28.7 Å². The maximum atomic E-state index is 10.5. The Morgan fingerprint density at radius 3 is 0.711 bits per heavy atom. The first-order chi connectivity index (χ1) is 17.1. The van der Waals surface area contributed by atoms with Crippen molar-refractivity contribution in [3.8, 4) is 0 Å². The van der Waals surface area contributed by atoms with Crippen molar-refractivity contribution in [1.29, 1.82) is 0 Å². The minimum Gasteiger partial charge on any atom is -0.481 e. The molecular weight excluding hydrogens is 561 g/mol. The summed E-state index contributed by atoms with van der Waals surface area (Å²) >= 11 is 0. The van der Waals surface area contributed by atoms with E-state index in [-0.39, 0.29) is 25.7 Å². The first-order valence-corrected chi connectivity index (χ1v) is 25.8. The third kappa shape index (κ3) is 26.3. The quantitative estimate of drug-likeness (QED) is 0.115. The van der Waals surface area contributed by atoms with E-state index in [1.165, 1.54) is 0 Å². The van der Waals surface area contributed by atoms with E-state index >= 15 is 0 Å². The number of carboxylic acid groups (broad SMARTS) is 4. The van der Waals surface area contributed by atoms with Gasteiger partial charge in [0.25, 0.3) is 0 Å². The zero-order valence-electron chi connectivity index (χ0n) is 24.7. The SMILES string of the molecule is C[Si](C)(CCCC(=O)O)O[Si](C)(C)CCCC(=O)O.C[Si](C)(CCCC(=O)O)O[Si](C)(C)CCCC(=O)O. The Kier molecular flexibility index (Phi) is 18.5. The van der Waals surface area contributed by atoms with E-state index in [1.54, 1.807) is 0 Å². The van der Waals surface area contributed by atoms with Crippen molar-refractivity contribution in [2.75, 3.05) is 0 Å². The fraction of sp³-hybridized carbons (Fsp3) is 0.833. The Bertz CT molecular complexity index is 632. The number of aliphatic carboxylic acids is 4. The summed E-state index contributed by atoms with van der Waals surface area (Å²) in [5.41, 5.74) is 0. The lowest BCUT2D eigenvalue weighted by Gasteiger charge is -2.34. The molecule has 0 unspecified atom stereocenters. The second-order valence-corrected chi connectivity index (χ2v) is 29.9. The molecule has 0 spiro atoms. The summed E-state index contributed by atoms with van der Waals surface area (Å²) in [6, 6.07) is 3.37. The van der Waals surface area contributed by atoms with Crippen LogP contribution in [-0.2, 0) is 27.4 Å². The van der Waals surface area contributed by atoms with Gasteiger partial charge in [0.1, 0.15) is 0 Å². The minimum atomic E-state index is -1.83. The summed E-state index contributed by atoms with van der Waals surface area (Å²) in [6.07, 6.45) is 3.42. The van der Waals surface area contributed by atoms with Gasteiger partial charge in [-0.15, -0.1) is 0 Å². The van der Waals surface area contributed by atoms with E-state index in [0.29, 0.717) is 25.7 Å². The molecule has 0 saturated heterocycles. The van der Waals surface area contributed by atoms with E-state index in [2.05, 4.69) is 52.4 Å². The lowest BCUT2D eigenvalue weighted by Crippen LogP contribution is -2.44.